The molecule has 0 atom stereocenters. The van der Waals surface area contributed by atoms with E-state index >= 15 is 0 Å². The highest BCUT2D eigenvalue weighted by Crippen LogP contribution is 2.19. The summed E-state index contributed by atoms with van der Waals surface area (Å²) in [6.07, 6.45) is 1.62. The zero-order chi connectivity index (χ0) is 13.0. The summed E-state index contributed by atoms with van der Waals surface area (Å²) in [5.74, 6) is 3.58. The van der Waals surface area contributed by atoms with Crippen molar-refractivity contribution in [2.75, 3.05) is 5.75 Å². The van der Waals surface area contributed by atoms with Crippen LogP contribution in [0, 0.1) is 17.2 Å². The van der Waals surface area contributed by atoms with Crippen LogP contribution < -0.4 is 0 Å². The molecule has 0 aliphatic heterocycles. The Kier molecular flexibility index (Phi) is 4.05. The molecule has 1 N–H and O–H groups in total. The summed E-state index contributed by atoms with van der Waals surface area (Å²) in [6, 6.07) is 3.74. The van der Waals surface area contributed by atoms with Gasteiger partial charge in [-0.2, -0.15) is 22.0 Å². The number of nitrogens with one attached hydrogen (secondary N) is 1. The van der Waals surface area contributed by atoms with Crippen LogP contribution in [0.1, 0.15) is 25.2 Å². The third kappa shape index (κ3) is 3.14. The molecule has 18 heavy (non-hydrogen) atoms. The maximum Gasteiger partial charge on any atom is 0.274 e. The number of hydrogen-bond donors (Lipinski definition) is 1. The highest BCUT2D eigenvalue weighted by molar-refractivity contribution is 7.98. The van der Waals surface area contributed by atoms with Crippen molar-refractivity contribution in [3.63, 3.8) is 0 Å². The predicted octanol–water partition coefficient (Wildman–Crippen LogP) is 2.83. The molecule has 5 nitrogen and oxygen atoms in total. The van der Waals surface area contributed by atoms with Gasteiger partial charge in [-0.05, 0) is 17.7 Å². The van der Waals surface area contributed by atoms with Crippen molar-refractivity contribution < 1.29 is 4.52 Å². The fraction of sp³-hybridized carbons (Fsp3) is 0.417. The number of H-pyrrole nitrogens is 1. The minimum Gasteiger partial charge on any atom is -0.356 e. The van der Waals surface area contributed by atoms with Crippen LogP contribution in [0.4, 0.5) is 0 Å². The largest absolute Gasteiger partial charge is 0.356 e. The van der Waals surface area contributed by atoms with Crippen LogP contribution in [-0.2, 0) is 5.75 Å². The van der Waals surface area contributed by atoms with Crippen LogP contribution in [0.3, 0.4) is 0 Å². The number of rotatable bonds is 5. The van der Waals surface area contributed by atoms with Crippen LogP contribution >= 0.6 is 11.8 Å². The lowest BCUT2D eigenvalue weighted by molar-refractivity contribution is 0.424. The first-order valence-electron chi connectivity index (χ1n) is 5.68. The lowest BCUT2D eigenvalue weighted by atomic mass is 10.3. The van der Waals surface area contributed by atoms with Gasteiger partial charge in [-0.3, -0.25) is 0 Å². The second-order valence-corrected chi connectivity index (χ2v) is 5.37. The average molecular weight is 262 g/mol. The Labute approximate surface area is 110 Å². The summed E-state index contributed by atoms with van der Waals surface area (Å²) in [6.45, 7) is 4.36. The third-order valence-electron chi connectivity index (χ3n) is 2.19. The van der Waals surface area contributed by atoms with Gasteiger partial charge < -0.3 is 9.51 Å². The summed E-state index contributed by atoms with van der Waals surface area (Å²) in [5, 5.41) is 12.6. The molecule has 0 amide bonds. The van der Waals surface area contributed by atoms with Gasteiger partial charge >= 0.3 is 0 Å². The lowest BCUT2D eigenvalue weighted by Gasteiger charge is -2.00. The van der Waals surface area contributed by atoms with Crippen LogP contribution in [0.2, 0.25) is 0 Å². The maximum atomic E-state index is 8.73. The number of nitriles is 1. The fourth-order valence-electron chi connectivity index (χ4n) is 1.39. The molecule has 2 heterocycles. The van der Waals surface area contributed by atoms with Crippen molar-refractivity contribution >= 4 is 11.8 Å². The standard InChI is InChI=1S/C12H14N4OS/c1-8(2)6-18-7-11-15-12(17-16-11)10-3-9(4-13)5-14-10/h3,5,8,14H,6-7H2,1-2H3. The number of nitrogens with zero attached hydrogens (tertiary/aromatic N) is 3. The number of aromatic nitrogens is 3. The van der Waals surface area contributed by atoms with Crippen molar-refractivity contribution in [1.29, 1.82) is 5.26 Å². The number of aromatic amines is 1. The molecule has 2 aromatic rings. The van der Waals surface area contributed by atoms with Gasteiger partial charge in [0.25, 0.3) is 5.89 Å². The van der Waals surface area contributed by atoms with Gasteiger partial charge in [-0.25, -0.2) is 0 Å². The monoisotopic (exact) mass is 262 g/mol. The molecule has 0 aliphatic rings. The minimum absolute atomic E-state index is 0.427. The van der Waals surface area contributed by atoms with E-state index in [1.54, 1.807) is 24.0 Å². The molecule has 0 fully saturated rings. The topological polar surface area (TPSA) is 78.5 Å². The molecule has 2 rings (SSSR count). The van der Waals surface area contributed by atoms with Crippen LogP contribution in [-0.4, -0.2) is 20.9 Å². The summed E-state index contributed by atoms with van der Waals surface area (Å²) >= 11 is 1.79. The smallest absolute Gasteiger partial charge is 0.274 e. The van der Waals surface area contributed by atoms with Crippen molar-refractivity contribution in [1.82, 2.24) is 15.1 Å². The average Bonchev–Trinajstić information content (AvgIpc) is 2.95. The Morgan fingerprint density at radius 1 is 1.56 bits per heavy atom. The van der Waals surface area contributed by atoms with E-state index in [1.165, 1.54) is 0 Å². The second kappa shape index (κ2) is 5.74. The molecule has 0 bridgehead atoms. The Morgan fingerprint density at radius 2 is 2.39 bits per heavy atom. The van der Waals surface area contributed by atoms with Crippen LogP contribution in [0.25, 0.3) is 11.6 Å². The summed E-state index contributed by atoms with van der Waals surface area (Å²) in [7, 11) is 0. The highest BCUT2D eigenvalue weighted by Gasteiger charge is 2.11. The fourth-order valence-corrected chi connectivity index (χ4v) is 2.28. The number of thioether (sulfide) groups is 1. The normalized spacial score (nSPS) is 10.8. The van der Waals surface area contributed by atoms with Crippen molar-refractivity contribution in [3.8, 4) is 17.7 Å². The molecule has 0 unspecified atom stereocenters. The molecule has 2 aromatic heterocycles. The first-order chi connectivity index (χ1) is 8.69. The van der Waals surface area contributed by atoms with Crippen LogP contribution in [0.15, 0.2) is 16.8 Å². The molecular formula is C12H14N4OS. The Hall–Kier alpha value is -1.74. The Morgan fingerprint density at radius 3 is 3.06 bits per heavy atom. The predicted molar refractivity (Wildman–Crippen MR) is 69.8 cm³/mol. The summed E-state index contributed by atoms with van der Waals surface area (Å²) in [4.78, 5) is 7.22. The van der Waals surface area contributed by atoms with E-state index in [0.29, 0.717) is 28.9 Å². The van der Waals surface area contributed by atoms with E-state index in [1.807, 2.05) is 6.07 Å². The second-order valence-electron chi connectivity index (χ2n) is 4.34. The zero-order valence-electron chi connectivity index (χ0n) is 10.3. The zero-order valence-corrected chi connectivity index (χ0v) is 11.1. The van der Waals surface area contributed by atoms with Crippen molar-refractivity contribution in [2.24, 2.45) is 5.92 Å². The molecular weight excluding hydrogens is 248 g/mol. The van der Waals surface area contributed by atoms with E-state index in [9.17, 15) is 0 Å². The van der Waals surface area contributed by atoms with E-state index < -0.39 is 0 Å². The first-order valence-corrected chi connectivity index (χ1v) is 6.83. The molecule has 6 heteroatoms. The van der Waals surface area contributed by atoms with Gasteiger partial charge in [0.15, 0.2) is 5.82 Å². The molecule has 0 spiro atoms. The van der Waals surface area contributed by atoms with Gasteiger partial charge in [0.2, 0.25) is 0 Å². The molecule has 0 saturated heterocycles. The Balaban J connectivity index is 1.99. The van der Waals surface area contributed by atoms with Crippen molar-refractivity contribution in [2.45, 2.75) is 19.6 Å². The minimum atomic E-state index is 0.427. The van der Waals surface area contributed by atoms with Gasteiger partial charge in [0.05, 0.1) is 11.3 Å². The van der Waals surface area contributed by atoms with E-state index in [2.05, 4.69) is 29.0 Å². The van der Waals surface area contributed by atoms with Crippen LogP contribution in [0.5, 0.6) is 0 Å². The SMILES string of the molecule is CC(C)CSCc1noc(-c2cc(C#N)c[nH]2)n1. The summed E-state index contributed by atoms with van der Waals surface area (Å²) < 4.78 is 5.15. The lowest BCUT2D eigenvalue weighted by Crippen LogP contribution is -1.92. The maximum absolute atomic E-state index is 8.73. The van der Waals surface area contributed by atoms with E-state index in [-0.39, 0.29) is 0 Å². The van der Waals surface area contributed by atoms with Gasteiger partial charge in [-0.1, -0.05) is 19.0 Å². The van der Waals surface area contributed by atoms with E-state index in [4.69, 9.17) is 9.78 Å². The quantitative estimate of drug-likeness (QED) is 0.896. The third-order valence-corrected chi connectivity index (χ3v) is 3.56. The van der Waals surface area contributed by atoms with Gasteiger partial charge in [0.1, 0.15) is 11.8 Å². The first kappa shape index (κ1) is 12.7. The highest BCUT2D eigenvalue weighted by atomic mass is 32.2. The van der Waals surface area contributed by atoms with Gasteiger partial charge in [0, 0.05) is 6.20 Å². The molecule has 0 radical (unpaired) electrons. The molecule has 0 aromatic carbocycles. The van der Waals surface area contributed by atoms with Gasteiger partial charge in [-0.15, -0.1) is 0 Å². The number of hydrogen-bond acceptors (Lipinski definition) is 5. The molecule has 0 saturated carbocycles. The molecule has 0 aliphatic carbocycles. The summed E-state index contributed by atoms with van der Waals surface area (Å²) in [5.41, 5.74) is 1.23. The van der Waals surface area contributed by atoms with Crippen molar-refractivity contribution in [3.05, 3.63) is 23.7 Å². The van der Waals surface area contributed by atoms with E-state index in [0.717, 1.165) is 11.5 Å². The molecule has 94 valence electrons. The Bertz CT molecular complexity index is 552.